The van der Waals surface area contributed by atoms with E-state index in [0.29, 0.717) is 22.9 Å². The molecule has 0 spiro atoms. The topological polar surface area (TPSA) is 57.9 Å². The number of benzene rings is 2. The lowest BCUT2D eigenvalue weighted by Gasteiger charge is -2.09. The molecular weight excluding hydrogens is 349 g/mol. The van der Waals surface area contributed by atoms with E-state index in [1.54, 1.807) is 18.3 Å². The molecule has 0 aliphatic heterocycles. The number of aromatic nitrogens is 1. The summed E-state index contributed by atoms with van der Waals surface area (Å²) in [4.78, 5) is 4.49. The molecule has 3 aromatic rings. The van der Waals surface area contributed by atoms with Crippen LogP contribution in [0.3, 0.4) is 0 Å². The van der Waals surface area contributed by atoms with E-state index in [4.69, 9.17) is 4.74 Å². The van der Waals surface area contributed by atoms with Gasteiger partial charge in [0.15, 0.2) is 0 Å². The largest absolute Gasteiger partial charge is 0.492 e. The van der Waals surface area contributed by atoms with Crippen LogP contribution < -0.4 is 10.1 Å². The summed E-state index contributed by atoms with van der Waals surface area (Å²) >= 11 is 1.36. The lowest BCUT2D eigenvalue weighted by molar-refractivity contribution is 0.342. The van der Waals surface area contributed by atoms with E-state index in [0.717, 1.165) is 17.0 Å². The van der Waals surface area contributed by atoms with Crippen LogP contribution in [0, 0.1) is 17.1 Å². The smallest absolute Gasteiger partial charge is 0.142 e. The van der Waals surface area contributed by atoms with Gasteiger partial charge in [-0.3, -0.25) is 0 Å². The average molecular weight is 365 g/mol. The van der Waals surface area contributed by atoms with Crippen LogP contribution in [0.5, 0.6) is 5.75 Å². The summed E-state index contributed by atoms with van der Waals surface area (Å²) in [6, 6.07) is 15.8. The third-order valence-corrected chi connectivity index (χ3v) is 4.43. The van der Waals surface area contributed by atoms with Gasteiger partial charge in [0.05, 0.1) is 18.0 Å². The minimum absolute atomic E-state index is 0.293. The molecule has 2 aromatic carbocycles. The molecule has 0 radical (unpaired) electrons. The summed E-state index contributed by atoms with van der Waals surface area (Å²) in [5, 5.41) is 15.0. The van der Waals surface area contributed by atoms with Crippen molar-refractivity contribution in [3.63, 3.8) is 0 Å². The second-order valence-electron chi connectivity index (χ2n) is 5.29. The maximum Gasteiger partial charge on any atom is 0.142 e. The van der Waals surface area contributed by atoms with Crippen LogP contribution in [-0.4, -0.2) is 11.6 Å². The Labute approximate surface area is 155 Å². The minimum atomic E-state index is -0.293. The number of nitrogens with one attached hydrogen (secondary N) is 1. The van der Waals surface area contributed by atoms with Crippen molar-refractivity contribution in [3.8, 4) is 23.1 Å². The second kappa shape index (κ2) is 8.28. The molecule has 1 aromatic heterocycles. The number of rotatable bonds is 6. The highest BCUT2D eigenvalue weighted by Gasteiger charge is 2.10. The molecule has 0 aliphatic carbocycles. The van der Waals surface area contributed by atoms with Gasteiger partial charge >= 0.3 is 0 Å². The zero-order chi connectivity index (χ0) is 18.4. The van der Waals surface area contributed by atoms with Crippen LogP contribution in [0.4, 0.5) is 10.1 Å². The summed E-state index contributed by atoms with van der Waals surface area (Å²) in [5.74, 6) is 0.425. The molecule has 4 nitrogen and oxygen atoms in total. The van der Waals surface area contributed by atoms with Crippen molar-refractivity contribution in [2.24, 2.45) is 0 Å². The Morgan fingerprint density at radius 2 is 2.04 bits per heavy atom. The van der Waals surface area contributed by atoms with Gasteiger partial charge in [-0.2, -0.15) is 5.26 Å². The predicted molar refractivity (Wildman–Crippen MR) is 102 cm³/mol. The Balaban J connectivity index is 1.82. The Kier molecular flexibility index (Phi) is 5.62. The van der Waals surface area contributed by atoms with Gasteiger partial charge < -0.3 is 10.1 Å². The quantitative estimate of drug-likeness (QED) is 0.600. The van der Waals surface area contributed by atoms with Crippen LogP contribution in [0.1, 0.15) is 11.9 Å². The maximum atomic E-state index is 13.1. The van der Waals surface area contributed by atoms with Gasteiger partial charge in [-0.1, -0.05) is 12.1 Å². The molecule has 0 bridgehead atoms. The zero-order valence-corrected chi connectivity index (χ0v) is 14.9. The van der Waals surface area contributed by atoms with Crippen molar-refractivity contribution in [2.75, 3.05) is 11.9 Å². The molecule has 1 N–H and O–H groups in total. The Hall–Kier alpha value is -3.17. The first-order valence-corrected chi connectivity index (χ1v) is 8.89. The summed E-state index contributed by atoms with van der Waals surface area (Å²) in [6.45, 7) is 2.47. The van der Waals surface area contributed by atoms with Crippen LogP contribution in [0.2, 0.25) is 0 Å². The fourth-order valence-electron chi connectivity index (χ4n) is 2.31. The Morgan fingerprint density at radius 3 is 2.77 bits per heavy atom. The SMILES string of the molecule is CCOc1ccccc1N/C=C(/C#N)c1nc(-c2ccc(F)cc2)cs1. The van der Waals surface area contributed by atoms with Gasteiger partial charge in [0.1, 0.15) is 28.2 Å². The van der Waals surface area contributed by atoms with Crippen LogP contribution in [-0.2, 0) is 0 Å². The van der Waals surface area contributed by atoms with Gasteiger partial charge in [0.2, 0.25) is 0 Å². The molecule has 1 heterocycles. The number of halogens is 1. The molecule has 0 saturated heterocycles. The van der Waals surface area contributed by atoms with E-state index in [-0.39, 0.29) is 5.82 Å². The summed E-state index contributed by atoms with van der Waals surface area (Å²) in [5.41, 5.74) is 2.70. The highest BCUT2D eigenvalue weighted by Crippen LogP contribution is 2.28. The number of nitriles is 1. The van der Waals surface area contributed by atoms with E-state index in [9.17, 15) is 9.65 Å². The number of anilines is 1. The first kappa shape index (κ1) is 17.6. The lowest BCUT2D eigenvalue weighted by Crippen LogP contribution is -1.97. The van der Waals surface area contributed by atoms with Gasteiger partial charge in [0, 0.05) is 17.1 Å². The fourth-order valence-corrected chi connectivity index (χ4v) is 3.10. The van der Waals surface area contributed by atoms with Gasteiger partial charge in [-0.15, -0.1) is 11.3 Å². The lowest BCUT2D eigenvalue weighted by atomic mass is 10.2. The standard InChI is InChI=1S/C20H16FN3OS/c1-2-25-19-6-4-3-5-17(19)23-12-15(11-22)20-24-18(13-26-20)14-7-9-16(21)10-8-14/h3-10,12-13,23H,2H2,1H3/b15-12-. The van der Waals surface area contributed by atoms with Crippen molar-refractivity contribution in [3.05, 3.63) is 70.9 Å². The summed E-state index contributed by atoms with van der Waals surface area (Å²) < 4.78 is 18.6. The maximum absolute atomic E-state index is 13.1. The highest BCUT2D eigenvalue weighted by molar-refractivity contribution is 7.11. The van der Waals surface area contributed by atoms with E-state index in [1.807, 2.05) is 36.6 Å². The van der Waals surface area contributed by atoms with Crippen LogP contribution >= 0.6 is 11.3 Å². The molecule has 0 aliphatic rings. The monoisotopic (exact) mass is 365 g/mol. The predicted octanol–water partition coefficient (Wildman–Crippen LogP) is 5.32. The van der Waals surface area contributed by atoms with Gasteiger partial charge in [0.25, 0.3) is 0 Å². The van der Waals surface area contributed by atoms with Crippen molar-refractivity contribution in [2.45, 2.75) is 6.92 Å². The molecule has 130 valence electrons. The molecule has 26 heavy (non-hydrogen) atoms. The van der Waals surface area contributed by atoms with Crippen molar-refractivity contribution < 1.29 is 9.13 Å². The first-order chi connectivity index (χ1) is 12.7. The summed E-state index contributed by atoms with van der Waals surface area (Å²) in [7, 11) is 0. The Morgan fingerprint density at radius 1 is 1.27 bits per heavy atom. The normalized spacial score (nSPS) is 11.0. The van der Waals surface area contributed by atoms with Crippen molar-refractivity contribution in [1.82, 2.24) is 4.98 Å². The number of para-hydroxylation sites is 2. The van der Waals surface area contributed by atoms with Gasteiger partial charge in [-0.25, -0.2) is 9.37 Å². The molecule has 0 amide bonds. The first-order valence-electron chi connectivity index (χ1n) is 8.01. The van der Waals surface area contributed by atoms with E-state index in [1.165, 1.54) is 23.5 Å². The third-order valence-electron chi connectivity index (χ3n) is 3.55. The fraction of sp³-hybridized carbons (Fsp3) is 0.100. The van der Waals surface area contributed by atoms with E-state index in [2.05, 4.69) is 16.4 Å². The third kappa shape index (κ3) is 4.08. The molecular formula is C20H16FN3OS. The van der Waals surface area contributed by atoms with Crippen LogP contribution in [0.25, 0.3) is 16.8 Å². The second-order valence-corrected chi connectivity index (χ2v) is 6.15. The van der Waals surface area contributed by atoms with Crippen molar-refractivity contribution >= 4 is 22.6 Å². The number of allylic oxidation sites excluding steroid dienone is 1. The molecule has 0 unspecified atom stereocenters. The number of hydrogen-bond acceptors (Lipinski definition) is 5. The highest BCUT2D eigenvalue weighted by atomic mass is 32.1. The van der Waals surface area contributed by atoms with Gasteiger partial charge in [-0.05, 0) is 43.3 Å². The number of thiazole rings is 1. The number of hydrogen-bond donors (Lipinski definition) is 1. The van der Waals surface area contributed by atoms with Crippen molar-refractivity contribution in [1.29, 1.82) is 5.26 Å². The van der Waals surface area contributed by atoms with E-state index < -0.39 is 0 Å². The molecule has 3 rings (SSSR count). The number of nitrogens with zero attached hydrogens (tertiary/aromatic N) is 2. The Bertz CT molecular complexity index is 958. The average Bonchev–Trinajstić information content (AvgIpc) is 3.14. The van der Waals surface area contributed by atoms with E-state index >= 15 is 0 Å². The minimum Gasteiger partial charge on any atom is -0.492 e. The zero-order valence-electron chi connectivity index (χ0n) is 14.1. The molecule has 0 saturated carbocycles. The molecule has 0 atom stereocenters. The molecule has 0 fully saturated rings. The molecule has 6 heteroatoms. The van der Waals surface area contributed by atoms with Crippen LogP contribution in [0.15, 0.2) is 60.1 Å². The number of ether oxygens (including phenoxy) is 1. The summed E-state index contributed by atoms with van der Waals surface area (Å²) in [6.07, 6.45) is 1.62.